The second-order valence-electron chi connectivity index (χ2n) is 7.12. The van der Waals surface area contributed by atoms with Crippen LogP contribution in [0.5, 0.6) is 0 Å². The third-order valence-corrected chi connectivity index (χ3v) is 5.39. The van der Waals surface area contributed by atoms with Crippen LogP contribution in [0.25, 0.3) is 0 Å². The van der Waals surface area contributed by atoms with Crippen LogP contribution < -0.4 is 5.32 Å². The molecule has 0 aliphatic carbocycles. The zero-order valence-electron chi connectivity index (χ0n) is 14.3. The third kappa shape index (κ3) is 4.89. The first-order valence-corrected chi connectivity index (χ1v) is 9.16. The Balaban J connectivity index is 1.37. The normalized spacial score (nSPS) is 31.3. The molecule has 3 rings (SSSR count). The van der Waals surface area contributed by atoms with Gasteiger partial charge >= 0.3 is 0 Å². The molecule has 23 heavy (non-hydrogen) atoms. The van der Waals surface area contributed by atoms with Crippen molar-refractivity contribution in [3.05, 3.63) is 0 Å². The van der Waals surface area contributed by atoms with Gasteiger partial charge in [0.25, 0.3) is 0 Å². The molecule has 6 nitrogen and oxygen atoms in total. The quantitative estimate of drug-likeness (QED) is 0.762. The van der Waals surface area contributed by atoms with Crippen molar-refractivity contribution in [2.75, 3.05) is 59.1 Å². The largest absolute Gasteiger partial charge is 0.379 e. The van der Waals surface area contributed by atoms with Crippen LogP contribution in [-0.2, 0) is 14.3 Å². The van der Waals surface area contributed by atoms with E-state index in [1.807, 2.05) is 6.92 Å². The molecule has 6 heteroatoms. The van der Waals surface area contributed by atoms with E-state index in [0.717, 1.165) is 65.4 Å². The van der Waals surface area contributed by atoms with E-state index >= 15 is 0 Å². The molecular formula is C17H31N3O3. The number of amides is 1. The number of carbonyl (C=O) groups excluding carboxylic acids is 1. The van der Waals surface area contributed by atoms with Gasteiger partial charge in [0.2, 0.25) is 5.91 Å². The van der Waals surface area contributed by atoms with Crippen molar-refractivity contribution < 1.29 is 14.3 Å². The number of rotatable bonds is 6. The number of nitrogens with zero attached hydrogens (tertiary/aromatic N) is 2. The summed E-state index contributed by atoms with van der Waals surface area (Å²) in [6.07, 6.45) is 3.60. The van der Waals surface area contributed by atoms with E-state index < -0.39 is 0 Å². The first-order chi connectivity index (χ1) is 11.2. The molecule has 1 N–H and O–H groups in total. The molecule has 3 unspecified atom stereocenters. The number of carbonyl (C=O) groups is 1. The lowest BCUT2D eigenvalue weighted by molar-refractivity contribution is -0.126. The highest BCUT2D eigenvalue weighted by Gasteiger charge is 2.31. The highest BCUT2D eigenvalue weighted by Crippen LogP contribution is 2.20. The highest BCUT2D eigenvalue weighted by molar-refractivity contribution is 5.81. The van der Waals surface area contributed by atoms with Gasteiger partial charge in [-0.15, -0.1) is 0 Å². The van der Waals surface area contributed by atoms with Crippen LogP contribution in [0.15, 0.2) is 0 Å². The molecule has 0 saturated carbocycles. The summed E-state index contributed by atoms with van der Waals surface area (Å²) in [6.45, 7) is 10.6. The van der Waals surface area contributed by atoms with E-state index in [1.54, 1.807) is 0 Å². The van der Waals surface area contributed by atoms with Crippen molar-refractivity contribution in [2.24, 2.45) is 5.92 Å². The Morgan fingerprint density at radius 2 is 2.04 bits per heavy atom. The Bertz CT molecular complexity index is 381. The van der Waals surface area contributed by atoms with E-state index in [2.05, 4.69) is 15.1 Å². The fraction of sp³-hybridized carbons (Fsp3) is 0.941. The second-order valence-corrected chi connectivity index (χ2v) is 7.12. The Morgan fingerprint density at radius 1 is 1.22 bits per heavy atom. The Labute approximate surface area is 139 Å². The van der Waals surface area contributed by atoms with Crippen LogP contribution in [0.4, 0.5) is 0 Å². The fourth-order valence-electron chi connectivity index (χ4n) is 3.85. The SMILES string of the molecule is CC(C(=O)NCC1CCCO1)N1CCC(CN2CCOCC2)C1. The van der Waals surface area contributed by atoms with Crippen LogP contribution in [0.1, 0.15) is 26.2 Å². The lowest BCUT2D eigenvalue weighted by Gasteiger charge is -2.29. The number of hydrogen-bond donors (Lipinski definition) is 1. The summed E-state index contributed by atoms with van der Waals surface area (Å²) in [7, 11) is 0. The van der Waals surface area contributed by atoms with E-state index in [0.29, 0.717) is 12.5 Å². The van der Waals surface area contributed by atoms with Crippen LogP contribution in [0.3, 0.4) is 0 Å². The maximum atomic E-state index is 12.3. The number of hydrogen-bond acceptors (Lipinski definition) is 5. The molecule has 3 fully saturated rings. The van der Waals surface area contributed by atoms with Crippen molar-refractivity contribution in [1.29, 1.82) is 0 Å². The average molecular weight is 325 g/mol. The zero-order valence-corrected chi connectivity index (χ0v) is 14.3. The summed E-state index contributed by atoms with van der Waals surface area (Å²) in [6, 6.07) is -0.0360. The van der Waals surface area contributed by atoms with Crippen LogP contribution in [0, 0.1) is 5.92 Å². The third-order valence-electron chi connectivity index (χ3n) is 5.39. The van der Waals surface area contributed by atoms with Gasteiger partial charge in [0.15, 0.2) is 0 Å². The molecule has 3 saturated heterocycles. The lowest BCUT2D eigenvalue weighted by atomic mass is 10.1. The summed E-state index contributed by atoms with van der Waals surface area (Å²) in [5.41, 5.74) is 0. The molecule has 3 aliphatic heterocycles. The molecule has 132 valence electrons. The molecule has 1 amide bonds. The topological polar surface area (TPSA) is 54.0 Å². The fourth-order valence-corrected chi connectivity index (χ4v) is 3.85. The first kappa shape index (κ1) is 17.1. The summed E-state index contributed by atoms with van der Waals surface area (Å²) in [4.78, 5) is 17.2. The van der Waals surface area contributed by atoms with Crippen molar-refractivity contribution in [2.45, 2.75) is 38.3 Å². The van der Waals surface area contributed by atoms with Gasteiger partial charge in [-0.25, -0.2) is 0 Å². The first-order valence-electron chi connectivity index (χ1n) is 9.16. The standard InChI is InChI=1S/C17H31N3O3/c1-14(17(21)18-11-16-3-2-8-23-16)20-5-4-15(13-20)12-19-6-9-22-10-7-19/h14-16H,2-13H2,1H3,(H,18,21). The minimum atomic E-state index is -0.0360. The summed E-state index contributed by atoms with van der Waals surface area (Å²) in [5.74, 6) is 0.828. The van der Waals surface area contributed by atoms with Gasteiger partial charge in [0, 0.05) is 39.3 Å². The van der Waals surface area contributed by atoms with E-state index in [9.17, 15) is 4.79 Å². The van der Waals surface area contributed by atoms with Crippen LogP contribution >= 0.6 is 0 Å². The van der Waals surface area contributed by atoms with E-state index in [4.69, 9.17) is 9.47 Å². The molecule has 0 aromatic rings. The molecule has 0 radical (unpaired) electrons. The molecule has 3 aliphatic rings. The van der Waals surface area contributed by atoms with Gasteiger partial charge in [-0.1, -0.05) is 0 Å². The minimum absolute atomic E-state index is 0.0360. The molecular weight excluding hydrogens is 294 g/mol. The van der Waals surface area contributed by atoms with E-state index in [-0.39, 0.29) is 18.1 Å². The Kier molecular flexibility index (Phi) is 6.28. The summed E-state index contributed by atoms with van der Waals surface area (Å²) < 4.78 is 11.0. The Hall–Kier alpha value is -0.690. The lowest BCUT2D eigenvalue weighted by Crippen LogP contribution is -2.46. The van der Waals surface area contributed by atoms with Crippen LogP contribution in [0.2, 0.25) is 0 Å². The van der Waals surface area contributed by atoms with Gasteiger partial charge < -0.3 is 14.8 Å². The van der Waals surface area contributed by atoms with Gasteiger partial charge in [-0.05, 0) is 38.6 Å². The Morgan fingerprint density at radius 3 is 2.78 bits per heavy atom. The van der Waals surface area contributed by atoms with E-state index in [1.165, 1.54) is 6.42 Å². The van der Waals surface area contributed by atoms with Gasteiger partial charge in [-0.2, -0.15) is 0 Å². The minimum Gasteiger partial charge on any atom is -0.379 e. The molecule has 3 atom stereocenters. The number of ether oxygens (including phenoxy) is 2. The van der Waals surface area contributed by atoms with Crippen molar-refractivity contribution in [3.63, 3.8) is 0 Å². The average Bonchev–Trinajstić information content (AvgIpc) is 3.24. The number of likely N-dealkylation sites (tertiary alicyclic amines) is 1. The van der Waals surface area contributed by atoms with Gasteiger partial charge in [0.1, 0.15) is 0 Å². The monoisotopic (exact) mass is 325 g/mol. The molecule has 0 bridgehead atoms. The molecule has 0 aromatic carbocycles. The number of morpholine rings is 1. The van der Waals surface area contributed by atoms with Gasteiger partial charge in [-0.3, -0.25) is 14.6 Å². The van der Waals surface area contributed by atoms with Crippen molar-refractivity contribution in [3.8, 4) is 0 Å². The molecule has 0 aromatic heterocycles. The predicted molar refractivity (Wildman–Crippen MR) is 88.4 cm³/mol. The van der Waals surface area contributed by atoms with Crippen LogP contribution in [-0.4, -0.2) is 86.9 Å². The maximum Gasteiger partial charge on any atom is 0.237 e. The predicted octanol–water partition coefficient (Wildman–Crippen LogP) is 0.324. The van der Waals surface area contributed by atoms with Crippen molar-refractivity contribution >= 4 is 5.91 Å². The van der Waals surface area contributed by atoms with Crippen molar-refractivity contribution in [1.82, 2.24) is 15.1 Å². The van der Waals surface area contributed by atoms with Gasteiger partial charge in [0.05, 0.1) is 25.4 Å². The summed E-state index contributed by atoms with van der Waals surface area (Å²) in [5, 5.41) is 3.06. The highest BCUT2D eigenvalue weighted by atomic mass is 16.5. The maximum absolute atomic E-state index is 12.3. The molecule has 0 spiro atoms. The zero-order chi connectivity index (χ0) is 16.1. The summed E-state index contributed by atoms with van der Waals surface area (Å²) >= 11 is 0. The smallest absolute Gasteiger partial charge is 0.237 e. The second kappa shape index (κ2) is 8.42. The molecule has 3 heterocycles. The number of nitrogens with one attached hydrogen (secondary N) is 1.